The fraction of sp³-hybridized carbons (Fsp3) is 0.278. The highest BCUT2D eigenvalue weighted by atomic mass is 15.0. The molecule has 0 radical (unpaired) electrons. The van der Waals surface area contributed by atoms with E-state index in [1.807, 2.05) is 66.7 Å². The van der Waals surface area contributed by atoms with Gasteiger partial charge in [-0.3, -0.25) is 0 Å². The highest BCUT2D eigenvalue weighted by molar-refractivity contribution is 6.00. The Hall–Kier alpha value is -4.36. The summed E-state index contributed by atoms with van der Waals surface area (Å²) in [6.45, 7) is 7.76. The van der Waals surface area contributed by atoms with Crippen LogP contribution in [0.25, 0.3) is 49.8 Å². The Labute approximate surface area is 235 Å². The van der Waals surface area contributed by atoms with Crippen LogP contribution in [0.5, 0.6) is 0 Å². The van der Waals surface area contributed by atoms with E-state index in [9.17, 15) is 0 Å². The van der Waals surface area contributed by atoms with Crippen LogP contribution in [0.2, 0.25) is 0 Å². The second-order valence-electron chi connectivity index (χ2n) is 12.2. The minimum atomic E-state index is 0.259. The number of aromatic nitrogens is 3. The molecule has 4 bridgehead atoms. The van der Waals surface area contributed by atoms with Gasteiger partial charge in [-0.25, -0.2) is 19.8 Å². The minimum absolute atomic E-state index is 0.259. The van der Waals surface area contributed by atoms with E-state index in [1.165, 1.54) is 49.5 Å². The van der Waals surface area contributed by atoms with Gasteiger partial charge in [0.15, 0.2) is 23.2 Å². The molecule has 4 aromatic carbocycles. The monoisotopic (exact) mass is 518 g/mol. The van der Waals surface area contributed by atoms with Crippen molar-refractivity contribution in [3.63, 3.8) is 0 Å². The second-order valence-corrected chi connectivity index (χ2v) is 12.2. The van der Waals surface area contributed by atoms with E-state index < -0.39 is 0 Å². The Balaban J connectivity index is 1.35. The maximum absolute atomic E-state index is 7.76. The molecule has 0 atom stereocenters. The molecule has 4 aliphatic rings. The summed E-state index contributed by atoms with van der Waals surface area (Å²) in [5.74, 6) is 4.57. The normalized spacial score (nSPS) is 24.7. The van der Waals surface area contributed by atoms with Crippen molar-refractivity contribution in [3.05, 3.63) is 108 Å². The van der Waals surface area contributed by atoms with E-state index in [0.717, 1.165) is 39.8 Å². The predicted molar refractivity (Wildman–Crippen MR) is 160 cm³/mol. The zero-order chi connectivity index (χ0) is 26.7. The summed E-state index contributed by atoms with van der Waals surface area (Å²) in [6, 6.07) is 31.1. The molecule has 9 rings (SSSR count). The maximum Gasteiger partial charge on any atom is 0.187 e. The van der Waals surface area contributed by atoms with Crippen molar-refractivity contribution in [2.75, 3.05) is 0 Å². The number of nitrogens with zero attached hydrogens (tertiary/aromatic N) is 4. The van der Waals surface area contributed by atoms with Crippen molar-refractivity contribution < 1.29 is 0 Å². The molecule has 4 saturated carbocycles. The van der Waals surface area contributed by atoms with Crippen LogP contribution >= 0.6 is 0 Å². The summed E-state index contributed by atoms with van der Waals surface area (Å²) in [4.78, 5) is 18.7. The van der Waals surface area contributed by atoms with Crippen LogP contribution in [0, 0.1) is 24.3 Å². The van der Waals surface area contributed by atoms with Gasteiger partial charge in [0.2, 0.25) is 0 Å². The number of hydrogen-bond acceptors (Lipinski definition) is 3. The minimum Gasteiger partial charge on any atom is -0.238 e. The number of hydrogen-bond donors (Lipinski definition) is 0. The Morgan fingerprint density at radius 2 is 1.15 bits per heavy atom. The van der Waals surface area contributed by atoms with Gasteiger partial charge in [-0.2, -0.15) is 0 Å². The number of benzene rings is 4. The Morgan fingerprint density at radius 1 is 0.600 bits per heavy atom. The van der Waals surface area contributed by atoms with Gasteiger partial charge in [0.05, 0.1) is 6.57 Å². The lowest BCUT2D eigenvalue weighted by atomic mass is 9.47. The predicted octanol–water partition coefficient (Wildman–Crippen LogP) is 9.04. The molecule has 4 heteroatoms. The molecular weight excluding hydrogens is 488 g/mol. The van der Waals surface area contributed by atoms with Crippen molar-refractivity contribution >= 4 is 16.5 Å². The van der Waals surface area contributed by atoms with Crippen molar-refractivity contribution in [3.8, 4) is 34.2 Å². The average molecular weight is 519 g/mol. The van der Waals surface area contributed by atoms with E-state index in [1.54, 1.807) is 0 Å². The number of rotatable bonds is 4. The lowest BCUT2D eigenvalue weighted by molar-refractivity contribution is -0.00449. The van der Waals surface area contributed by atoms with Crippen LogP contribution in [0.15, 0.2) is 91.0 Å². The zero-order valence-corrected chi connectivity index (χ0v) is 22.4. The van der Waals surface area contributed by atoms with Crippen molar-refractivity contribution in [1.82, 2.24) is 15.0 Å². The fourth-order valence-electron chi connectivity index (χ4n) is 8.43. The van der Waals surface area contributed by atoms with Gasteiger partial charge in [-0.05, 0) is 84.1 Å². The molecule has 4 aliphatic carbocycles. The van der Waals surface area contributed by atoms with Crippen LogP contribution in [-0.4, -0.2) is 15.0 Å². The van der Waals surface area contributed by atoms with Gasteiger partial charge in [0.1, 0.15) is 0 Å². The molecule has 4 fully saturated rings. The Bertz CT molecular complexity index is 1690. The van der Waals surface area contributed by atoms with Gasteiger partial charge in [-0.15, -0.1) is 0 Å². The molecule has 0 N–H and O–H groups in total. The molecule has 5 aromatic rings. The molecule has 0 aliphatic heterocycles. The highest BCUT2D eigenvalue weighted by Gasteiger charge is 2.52. The molecule has 0 saturated heterocycles. The lowest BCUT2D eigenvalue weighted by Crippen LogP contribution is -2.48. The first-order chi connectivity index (χ1) is 19.7. The van der Waals surface area contributed by atoms with Gasteiger partial charge in [0, 0.05) is 16.7 Å². The van der Waals surface area contributed by atoms with Gasteiger partial charge in [-0.1, -0.05) is 84.9 Å². The van der Waals surface area contributed by atoms with Crippen molar-refractivity contribution in [1.29, 1.82) is 0 Å². The molecule has 4 nitrogen and oxygen atoms in total. The van der Waals surface area contributed by atoms with Crippen LogP contribution in [0.3, 0.4) is 0 Å². The van der Waals surface area contributed by atoms with Crippen LogP contribution in [0.4, 0.5) is 5.69 Å². The van der Waals surface area contributed by atoms with Crippen LogP contribution in [-0.2, 0) is 5.41 Å². The van der Waals surface area contributed by atoms with Crippen LogP contribution < -0.4 is 0 Å². The Kier molecular flexibility index (Phi) is 5.35. The topological polar surface area (TPSA) is 43.0 Å². The third-order valence-electron chi connectivity index (χ3n) is 9.68. The van der Waals surface area contributed by atoms with E-state index in [2.05, 4.69) is 29.1 Å². The van der Waals surface area contributed by atoms with E-state index in [0.29, 0.717) is 23.2 Å². The summed E-state index contributed by atoms with van der Waals surface area (Å²) in [5.41, 5.74) is 5.26. The third kappa shape index (κ3) is 3.84. The van der Waals surface area contributed by atoms with E-state index in [4.69, 9.17) is 21.5 Å². The summed E-state index contributed by atoms with van der Waals surface area (Å²) in [6.07, 6.45) is 8.19. The molecule has 40 heavy (non-hydrogen) atoms. The summed E-state index contributed by atoms with van der Waals surface area (Å²) >= 11 is 0. The van der Waals surface area contributed by atoms with E-state index in [-0.39, 0.29) is 5.41 Å². The van der Waals surface area contributed by atoms with Crippen molar-refractivity contribution in [2.24, 2.45) is 17.8 Å². The number of fused-ring (bicyclic) bond motifs is 1. The smallest absolute Gasteiger partial charge is 0.187 e. The molecule has 0 amide bonds. The molecule has 1 heterocycles. The molecular formula is C36H30N4. The maximum atomic E-state index is 7.76. The summed E-state index contributed by atoms with van der Waals surface area (Å²) in [5, 5.41) is 2.33. The highest BCUT2D eigenvalue weighted by Crippen LogP contribution is 2.61. The zero-order valence-electron chi connectivity index (χ0n) is 22.4. The molecule has 0 spiro atoms. The SMILES string of the molecule is [C-]#[N+]c1ccc2c(C34CC5CC(CC(C5)C3)C4)ccc(-c3nc(-c4ccccc4)nc(-c4ccccc4)n3)c2c1. The first-order valence-electron chi connectivity index (χ1n) is 14.5. The first-order valence-corrected chi connectivity index (χ1v) is 14.5. The van der Waals surface area contributed by atoms with E-state index >= 15 is 0 Å². The first kappa shape index (κ1) is 23.5. The lowest BCUT2D eigenvalue weighted by Gasteiger charge is -2.57. The van der Waals surface area contributed by atoms with Gasteiger partial charge < -0.3 is 0 Å². The van der Waals surface area contributed by atoms with Crippen LogP contribution in [0.1, 0.15) is 44.1 Å². The molecule has 194 valence electrons. The average Bonchev–Trinajstić information content (AvgIpc) is 3.00. The Morgan fingerprint density at radius 3 is 1.70 bits per heavy atom. The quantitative estimate of drug-likeness (QED) is 0.223. The molecule has 0 unspecified atom stereocenters. The second kappa shape index (κ2) is 9.10. The summed E-state index contributed by atoms with van der Waals surface area (Å²) < 4.78 is 0. The summed E-state index contributed by atoms with van der Waals surface area (Å²) in [7, 11) is 0. The van der Waals surface area contributed by atoms with Gasteiger partial charge >= 0.3 is 0 Å². The third-order valence-corrected chi connectivity index (χ3v) is 9.68. The fourth-order valence-corrected chi connectivity index (χ4v) is 8.43. The van der Waals surface area contributed by atoms with Crippen molar-refractivity contribution in [2.45, 2.75) is 43.9 Å². The largest absolute Gasteiger partial charge is 0.238 e. The molecule has 1 aromatic heterocycles. The standard InChI is InChI=1S/C36H30N4/c1-37-28-12-13-29-31(19-28)30(14-15-32(29)36-20-23-16-24(21-36)18-25(17-23)22-36)35-39-33(26-8-4-2-5-9-26)38-34(40-35)27-10-6-3-7-11-27/h2-15,19,23-25H,16-18,20-22H2. The van der Waals surface area contributed by atoms with Gasteiger partial charge in [0.25, 0.3) is 0 Å².